The zero-order chi connectivity index (χ0) is 74.4. The maximum Gasteiger partial charge on any atom is 0.330 e. The number of primary amides is 1. The first-order valence-corrected chi connectivity index (χ1v) is 33.1. The number of rotatable bonds is 13. The van der Waals surface area contributed by atoms with Gasteiger partial charge in [-0.2, -0.15) is 0 Å². The first-order chi connectivity index (χ1) is 48.1. The third-order valence-electron chi connectivity index (χ3n) is 18.7. The van der Waals surface area contributed by atoms with Crippen LogP contribution in [-0.4, -0.2) is 185 Å². The Labute approximate surface area is 591 Å². The van der Waals surface area contributed by atoms with E-state index in [4.69, 9.17) is 58.4 Å². The van der Waals surface area contributed by atoms with E-state index in [9.17, 15) is 75.0 Å². The average Bonchev–Trinajstić information content (AvgIpc) is 0.762. The molecule has 0 aromatic heterocycles. The number of carbonyl (C=O) groups is 8. The minimum Gasteiger partial charge on any atom is -0.508 e. The summed E-state index contributed by atoms with van der Waals surface area (Å²) in [5.41, 5.74) is 8.00. The Morgan fingerprint density at radius 3 is 1.91 bits per heavy atom. The highest BCUT2D eigenvalue weighted by Crippen LogP contribution is 2.51. The molecule has 7 aliphatic rings. The lowest BCUT2D eigenvalue weighted by atomic mass is 9.80. The van der Waals surface area contributed by atoms with Crippen molar-refractivity contribution in [2.24, 2.45) is 23.3 Å². The first-order valence-electron chi connectivity index (χ1n) is 32.4. The number of hydrogen-bond acceptors (Lipinski definition) is 24. The number of benzene rings is 5. The topological polar surface area (TPSA) is 521 Å². The number of aromatic hydroxyl groups is 3. The number of nitrogens with two attached hydrogens (primary N) is 2. The van der Waals surface area contributed by atoms with Gasteiger partial charge in [-0.05, 0) is 123 Å². The number of ether oxygens (including phenoxy) is 5. The largest absolute Gasteiger partial charge is 0.508 e. The van der Waals surface area contributed by atoms with E-state index in [1.165, 1.54) is 46.0 Å². The molecule has 1 aliphatic carbocycles. The normalized spacial score (nSPS) is 29.3. The van der Waals surface area contributed by atoms with Gasteiger partial charge in [-0.15, -0.1) is 0 Å². The lowest BCUT2D eigenvalue weighted by molar-refractivity contribution is -0.286. The summed E-state index contributed by atoms with van der Waals surface area (Å²) in [4.78, 5) is 117. The number of phenolic OH excluding ortho intramolecular Hbond substituents is 3. The summed E-state index contributed by atoms with van der Waals surface area (Å²) in [6.07, 6.45) is -15.9. The molecule has 5 aromatic rings. The molecule has 2 fully saturated rings. The monoisotopic (exact) mass is 1460 g/mol. The fourth-order valence-electron chi connectivity index (χ4n) is 13.1. The first kappa shape index (κ1) is 75.5. The van der Waals surface area contributed by atoms with Crippen LogP contribution in [0.1, 0.15) is 117 Å². The third-order valence-corrected chi connectivity index (χ3v) is 19.3. The summed E-state index contributed by atoms with van der Waals surface area (Å²) in [5.74, 6) is -16.5. The van der Waals surface area contributed by atoms with Crippen molar-refractivity contribution in [1.29, 1.82) is 0 Å². The van der Waals surface area contributed by atoms with Crippen LogP contribution < -0.4 is 62.9 Å². The number of aliphatic hydroxyl groups excluding tert-OH is 6. The Morgan fingerprint density at radius 1 is 0.735 bits per heavy atom. The molecule has 7 amide bonds. The Morgan fingerprint density at radius 2 is 1.33 bits per heavy atom. The average molecular weight is 1460 g/mol. The molecule has 34 heteroatoms. The molecule has 102 heavy (non-hydrogen) atoms. The zero-order valence-corrected chi connectivity index (χ0v) is 57.1. The predicted molar refractivity (Wildman–Crippen MR) is 357 cm³/mol. The molecule has 0 spiro atoms. The van der Waals surface area contributed by atoms with Crippen LogP contribution in [0.25, 0.3) is 11.1 Å². The van der Waals surface area contributed by atoms with Crippen LogP contribution in [0.3, 0.4) is 0 Å². The summed E-state index contributed by atoms with van der Waals surface area (Å²) in [5, 5.41) is 132. The number of carbonyl (C=O) groups excluding carboxylic acids is 7. The highest BCUT2D eigenvalue weighted by atomic mass is 35.5. The maximum atomic E-state index is 16.1. The maximum absolute atomic E-state index is 16.1. The highest BCUT2D eigenvalue weighted by Gasteiger charge is 2.51. The number of carboxylic acid groups (broad SMARTS) is 1. The number of aliphatic carboxylic acids is 1. The van der Waals surface area contributed by atoms with E-state index in [1.807, 2.05) is 13.8 Å². The minimum atomic E-state index is -2.32. The number of nitrogens with one attached hydrogen (secondary N) is 7. The van der Waals surface area contributed by atoms with Crippen LogP contribution in [0.15, 0.2) is 72.8 Å². The molecule has 6 aliphatic heterocycles. The van der Waals surface area contributed by atoms with Gasteiger partial charge in [0.1, 0.15) is 89.5 Å². The molecule has 5 aromatic carbocycles. The molecule has 548 valence electrons. The minimum absolute atomic E-state index is 0.0912. The van der Waals surface area contributed by atoms with Gasteiger partial charge in [0.15, 0.2) is 23.8 Å². The molecular formula is C68H79Cl2N9O23. The van der Waals surface area contributed by atoms with Crippen molar-refractivity contribution in [3.63, 3.8) is 0 Å². The molecule has 0 radical (unpaired) electrons. The van der Waals surface area contributed by atoms with Gasteiger partial charge < -0.3 is 123 Å². The van der Waals surface area contributed by atoms with Crippen molar-refractivity contribution in [2.75, 3.05) is 13.7 Å². The zero-order valence-electron chi connectivity index (χ0n) is 55.5. The van der Waals surface area contributed by atoms with Crippen LogP contribution >= 0.6 is 23.2 Å². The molecule has 18 atom stereocenters. The number of carboxylic acids is 1. The number of likely N-dealkylation sites (N-methyl/N-ethyl adjacent to an activating group) is 1. The molecule has 1 saturated heterocycles. The summed E-state index contributed by atoms with van der Waals surface area (Å²) in [7, 11) is 1.48. The van der Waals surface area contributed by atoms with Gasteiger partial charge in [0.05, 0.1) is 40.8 Å². The lowest BCUT2D eigenvalue weighted by Crippen LogP contribution is -2.63. The fourth-order valence-corrected chi connectivity index (χ4v) is 13.5. The van der Waals surface area contributed by atoms with E-state index in [0.29, 0.717) is 0 Å². The van der Waals surface area contributed by atoms with E-state index in [2.05, 4.69) is 37.2 Å². The Balaban J connectivity index is 1.24. The molecule has 11 bridgehead atoms. The number of phenols is 3. The number of amides is 7. The number of aliphatic hydroxyl groups is 6. The van der Waals surface area contributed by atoms with Crippen LogP contribution in [0.5, 0.6) is 46.0 Å². The summed E-state index contributed by atoms with van der Waals surface area (Å²) < 4.78 is 32.7. The predicted octanol–water partition coefficient (Wildman–Crippen LogP) is 1.08. The van der Waals surface area contributed by atoms with Gasteiger partial charge in [-0.1, -0.05) is 55.2 Å². The van der Waals surface area contributed by atoms with Crippen molar-refractivity contribution >= 4 is 70.5 Å². The van der Waals surface area contributed by atoms with Crippen LogP contribution in [0.4, 0.5) is 0 Å². The van der Waals surface area contributed by atoms with Crippen molar-refractivity contribution in [3.8, 4) is 57.1 Å². The molecule has 6 heterocycles. The molecule has 1 saturated carbocycles. The summed E-state index contributed by atoms with van der Waals surface area (Å²) in [6, 6.07) is -0.960. The Bertz CT molecular complexity index is 4130. The van der Waals surface area contributed by atoms with Gasteiger partial charge in [0, 0.05) is 46.7 Å². The van der Waals surface area contributed by atoms with E-state index in [0.717, 1.165) is 54.6 Å². The Kier molecular flexibility index (Phi) is 22.5. The van der Waals surface area contributed by atoms with Crippen molar-refractivity contribution in [3.05, 3.63) is 116 Å². The second-order valence-electron chi connectivity index (χ2n) is 26.6. The quantitative estimate of drug-likeness (QED) is 0.0784. The van der Waals surface area contributed by atoms with Gasteiger partial charge in [0.25, 0.3) is 0 Å². The van der Waals surface area contributed by atoms with Crippen molar-refractivity contribution in [2.45, 2.75) is 163 Å². The highest BCUT2D eigenvalue weighted by molar-refractivity contribution is 6.32. The third kappa shape index (κ3) is 15.6. The van der Waals surface area contributed by atoms with E-state index >= 15 is 14.4 Å². The number of hydrogen-bond donors (Lipinski definition) is 19. The SMILES string of the molecule is CN[C@H](CC(C)C)C(=O)NC1C(=O)N[C@@H](CC(N)=O)C(=O)N[C@H]2C(=O)N[C@H]3C(=O)N[C@H](C(=O)N[C@@H](C(=O)O)c4cc(O)c(C)c(O)c4-c4cc3ccc4O)[C@H](O)c3ccc(c(Cl)c3)Oc3cc2cc(c3OC2C[C@@H](CO)[C@@H](O)[C@H](O)[C@@H]2O[C@@H]2C[C@](C)(N)[C@H](O)[C@@H](C)O2)Oc2ccc(cc2Cl)[C@H]1O. The van der Waals surface area contributed by atoms with Crippen LogP contribution in [0.2, 0.25) is 10.0 Å². The Hall–Kier alpha value is -9.16. The standard InChI is InChI=1S/C68H79Cl2N9O23/c1-24(2)13-36(73-6)61(90)78-51-54(85)28-8-11-40(34(69)15-28)99-42-17-30-18-43(58(42)101-44-19-31(23-80)56(87)57(88)59(44)102-46-22-68(5,72)60(89)26(4)98-46)100-41-12-9-29(16-35(41)70)55(86)52-66(95)77-50(67(96)97)33-20-39(82)25(3)53(84)47(33)32-14-27(7-10-38(32)81)48(63(92)79-52)76-64(93)49(30)75-62(91)37(21-45(71)83)74-65(51)94/h7-12,14-18,20,24,26,31,36-37,44,46,48-52,54-57,59-60,73,80-82,84-89H,13,19,21-23,72H2,1-6H3,(H2,71,83)(H,74,94)(H,75,91)(H,76,93)(H,77,95)(H,78,90)(H,79,92)(H,96,97)/t26-,31+,36-,37+,44?,46-,48-,49-,50-,51?,52+,54-,55-,56-,57+,59-,60-,68+/m1/s1. The van der Waals surface area contributed by atoms with E-state index in [1.54, 1.807) is 0 Å². The number of halogens is 2. The molecule has 32 nitrogen and oxygen atoms in total. The van der Waals surface area contributed by atoms with E-state index in [-0.39, 0.29) is 64.0 Å². The van der Waals surface area contributed by atoms with Gasteiger partial charge in [-0.25, -0.2) is 4.79 Å². The molecule has 2 unspecified atom stereocenters. The van der Waals surface area contributed by atoms with Gasteiger partial charge >= 0.3 is 5.97 Å². The van der Waals surface area contributed by atoms with Crippen molar-refractivity contribution in [1.82, 2.24) is 37.2 Å². The number of fused-ring (bicyclic) bond motifs is 15. The van der Waals surface area contributed by atoms with Gasteiger partial charge in [-0.3, -0.25) is 33.6 Å². The van der Waals surface area contributed by atoms with Crippen LogP contribution in [-0.2, 0) is 47.8 Å². The van der Waals surface area contributed by atoms with E-state index < -0.39 is 231 Å². The lowest BCUT2D eigenvalue weighted by Gasteiger charge is -2.47. The summed E-state index contributed by atoms with van der Waals surface area (Å²) >= 11 is 14.2. The second kappa shape index (κ2) is 30.4. The molecular weight excluding hydrogens is 1380 g/mol. The van der Waals surface area contributed by atoms with Gasteiger partial charge in [0.2, 0.25) is 47.1 Å². The molecule has 21 N–H and O–H groups in total. The summed E-state index contributed by atoms with van der Waals surface area (Å²) in [6.45, 7) is 7.19. The second-order valence-corrected chi connectivity index (χ2v) is 27.4. The smallest absolute Gasteiger partial charge is 0.330 e. The molecule has 12 rings (SSSR count). The van der Waals surface area contributed by atoms with Crippen LogP contribution in [0, 0.1) is 18.8 Å². The fraction of sp³-hybridized carbons (Fsp3) is 0.441. The van der Waals surface area contributed by atoms with Crippen molar-refractivity contribution < 1.29 is 113 Å².